The van der Waals surface area contributed by atoms with Gasteiger partial charge < -0.3 is 9.84 Å². The average molecular weight is 386 g/mol. The van der Waals surface area contributed by atoms with Crippen LogP contribution in [0.5, 0.6) is 11.5 Å². The van der Waals surface area contributed by atoms with Gasteiger partial charge in [-0.2, -0.15) is 5.10 Å². The van der Waals surface area contributed by atoms with Crippen LogP contribution in [0.15, 0.2) is 84.0 Å². The van der Waals surface area contributed by atoms with Gasteiger partial charge in [0.15, 0.2) is 11.5 Å². The SMILES string of the molecule is COc1cc(/C=N\NC(=O)[C@H]2CC2(c2ccccc2)c2ccccc2)ccc1O. The maximum Gasteiger partial charge on any atom is 0.244 e. The first-order valence-electron chi connectivity index (χ1n) is 9.46. The Morgan fingerprint density at radius 2 is 1.69 bits per heavy atom. The second-order valence-corrected chi connectivity index (χ2v) is 7.13. The number of phenolic OH excluding ortho intramolecular Hbond substituents is 1. The summed E-state index contributed by atoms with van der Waals surface area (Å²) >= 11 is 0. The number of phenols is 1. The highest BCUT2D eigenvalue weighted by atomic mass is 16.5. The summed E-state index contributed by atoms with van der Waals surface area (Å²) in [5.74, 6) is 0.121. The zero-order valence-electron chi connectivity index (χ0n) is 16.1. The molecular formula is C24H22N2O3. The van der Waals surface area contributed by atoms with E-state index in [9.17, 15) is 9.90 Å². The van der Waals surface area contributed by atoms with Crippen LogP contribution in [0.25, 0.3) is 0 Å². The molecule has 0 bridgehead atoms. The zero-order valence-corrected chi connectivity index (χ0v) is 16.1. The number of hydrogen-bond donors (Lipinski definition) is 2. The van der Waals surface area contributed by atoms with Crippen molar-refractivity contribution in [2.24, 2.45) is 11.0 Å². The van der Waals surface area contributed by atoms with Gasteiger partial charge in [-0.15, -0.1) is 0 Å². The number of carbonyl (C=O) groups excluding carboxylic acids is 1. The number of aromatic hydroxyl groups is 1. The van der Waals surface area contributed by atoms with Gasteiger partial charge in [-0.3, -0.25) is 4.79 Å². The van der Waals surface area contributed by atoms with E-state index in [2.05, 4.69) is 34.8 Å². The summed E-state index contributed by atoms with van der Waals surface area (Å²) in [6.45, 7) is 0. The molecule has 4 rings (SSSR count). The minimum absolute atomic E-state index is 0.0576. The van der Waals surface area contributed by atoms with Crippen molar-refractivity contribution >= 4 is 12.1 Å². The van der Waals surface area contributed by atoms with Crippen LogP contribution in [0.3, 0.4) is 0 Å². The van der Waals surface area contributed by atoms with Crippen molar-refractivity contribution in [2.75, 3.05) is 7.11 Å². The van der Waals surface area contributed by atoms with E-state index in [-0.39, 0.29) is 23.0 Å². The molecule has 0 aromatic heterocycles. The molecule has 1 aliphatic carbocycles. The monoisotopic (exact) mass is 386 g/mol. The van der Waals surface area contributed by atoms with Crippen LogP contribution in [0, 0.1) is 5.92 Å². The number of amides is 1. The molecule has 3 aromatic rings. The largest absolute Gasteiger partial charge is 0.504 e. The van der Waals surface area contributed by atoms with Gasteiger partial charge in [-0.25, -0.2) is 5.43 Å². The summed E-state index contributed by atoms with van der Waals surface area (Å²) in [4.78, 5) is 12.8. The highest BCUT2D eigenvalue weighted by molar-refractivity contribution is 5.88. The molecule has 3 aromatic carbocycles. The molecule has 1 aliphatic rings. The third-order valence-electron chi connectivity index (χ3n) is 5.45. The van der Waals surface area contributed by atoms with Crippen molar-refractivity contribution in [3.8, 4) is 11.5 Å². The second-order valence-electron chi connectivity index (χ2n) is 7.13. The number of methoxy groups -OCH3 is 1. The quantitative estimate of drug-likeness (QED) is 0.499. The minimum Gasteiger partial charge on any atom is -0.504 e. The maximum absolute atomic E-state index is 12.8. The van der Waals surface area contributed by atoms with Crippen molar-refractivity contribution in [3.63, 3.8) is 0 Å². The molecule has 29 heavy (non-hydrogen) atoms. The molecule has 0 heterocycles. The Kier molecular flexibility index (Phi) is 5.04. The number of benzene rings is 3. The Morgan fingerprint density at radius 3 is 2.28 bits per heavy atom. The Balaban J connectivity index is 1.52. The number of carbonyl (C=O) groups is 1. The second kappa shape index (κ2) is 7.80. The van der Waals surface area contributed by atoms with E-state index in [1.807, 2.05) is 36.4 Å². The number of nitrogens with one attached hydrogen (secondary N) is 1. The van der Waals surface area contributed by atoms with Crippen LogP contribution >= 0.6 is 0 Å². The van der Waals surface area contributed by atoms with Crippen molar-refractivity contribution < 1.29 is 14.6 Å². The zero-order chi connectivity index (χ0) is 20.3. The Bertz CT molecular complexity index is 993. The first kappa shape index (κ1) is 18.7. The van der Waals surface area contributed by atoms with E-state index < -0.39 is 0 Å². The predicted octanol–water partition coefficient (Wildman–Crippen LogP) is 3.86. The van der Waals surface area contributed by atoms with Gasteiger partial charge in [0, 0.05) is 5.41 Å². The lowest BCUT2D eigenvalue weighted by molar-refractivity contribution is -0.122. The number of ether oxygens (including phenoxy) is 1. The lowest BCUT2D eigenvalue weighted by Crippen LogP contribution is -2.25. The Labute approximate surface area is 169 Å². The molecule has 0 radical (unpaired) electrons. The van der Waals surface area contributed by atoms with Crippen LogP contribution in [0.2, 0.25) is 0 Å². The van der Waals surface area contributed by atoms with Gasteiger partial charge in [-0.1, -0.05) is 60.7 Å². The van der Waals surface area contributed by atoms with E-state index >= 15 is 0 Å². The molecule has 2 N–H and O–H groups in total. The summed E-state index contributed by atoms with van der Waals surface area (Å²) in [6, 6.07) is 25.2. The fourth-order valence-electron chi connectivity index (χ4n) is 3.88. The standard InChI is InChI=1S/C24H22N2O3/c1-29-22-14-17(12-13-21(22)27)16-25-26-23(28)20-15-24(20,18-8-4-2-5-9-18)19-10-6-3-7-11-19/h2-14,16,20,27H,15H2,1H3,(H,26,28)/b25-16-/t20-/m1/s1. The normalized spacial score (nSPS) is 17.1. The molecule has 5 nitrogen and oxygen atoms in total. The van der Waals surface area contributed by atoms with Crippen molar-refractivity contribution in [2.45, 2.75) is 11.8 Å². The van der Waals surface area contributed by atoms with Crippen LogP contribution < -0.4 is 10.2 Å². The van der Waals surface area contributed by atoms with Crippen LogP contribution in [0.1, 0.15) is 23.1 Å². The first-order valence-corrected chi connectivity index (χ1v) is 9.46. The lowest BCUT2D eigenvalue weighted by Gasteiger charge is -2.18. The summed E-state index contributed by atoms with van der Waals surface area (Å²) in [5, 5.41) is 13.8. The van der Waals surface area contributed by atoms with Crippen LogP contribution in [-0.4, -0.2) is 24.3 Å². The molecule has 1 fully saturated rings. The van der Waals surface area contributed by atoms with Gasteiger partial charge in [0.25, 0.3) is 0 Å². The molecule has 5 heteroatoms. The minimum atomic E-state index is -0.316. The van der Waals surface area contributed by atoms with Gasteiger partial charge in [0.05, 0.1) is 19.2 Å². The maximum atomic E-state index is 12.8. The molecule has 0 spiro atoms. The van der Waals surface area contributed by atoms with Crippen molar-refractivity contribution in [3.05, 3.63) is 95.6 Å². The van der Waals surface area contributed by atoms with E-state index in [4.69, 9.17) is 4.74 Å². The number of nitrogens with zero attached hydrogens (tertiary/aromatic N) is 1. The third kappa shape index (κ3) is 3.59. The smallest absolute Gasteiger partial charge is 0.244 e. The predicted molar refractivity (Wildman–Crippen MR) is 112 cm³/mol. The van der Waals surface area contributed by atoms with Crippen LogP contribution in [-0.2, 0) is 10.2 Å². The first-order chi connectivity index (χ1) is 14.1. The van der Waals surface area contributed by atoms with Gasteiger partial charge in [0.2, 0.25) is 5.91 Å². The number of rotatable bonds is 6. The molecule has 146 valence electrons. The van der Waals surface area contributed by atoms with Crippen LogP contribution in [0.4, 0.5) is 0 Å². The summed E-state index contributed by atoms with van der Waals surface area (Å²) in [7, 11) is 1.48. The summed E-state index contributed by atoms with van der Waals surface area (Å²) in [6.07, 6.45) is 2.28. The van der Waals surface area contributed by atoms with E-state index in [1.54, 1.807) is 12.1 Å². The van der Waals surface area contributed by atoms with Gasteiger partial charge >= 0.3 is 0 Å². The molecular weight excluding hydrogens is 364 g/mol. The summed E-state index contributed by atoms with van der Waals surface area (Å²) in [5.41, 5.74) is 5.34. The topological polar surface area (TPSA) is 70.9 Å². The molecule has 1 atom stereocenters. The number of hydrazone groups is 1. The molecule has 0 unspecified atom stereocenters. The van der Waals surface area contributed by atoms with Crippen molar-refractivity contribution in [1.29, 1.82) is 0 Å². The Morgan fingerprint density at radius 1 is 1.07 bits per heavy atom. The highest BCUT2D eigenvalue weighted by Crippen LogP contribution is 2.58. The van der Waals surface area contributed by atoms with Crippen molar-refractivity contribution in [1.82, 2.24) is 5.43 Å². The van der Waals surface area contributed by atoms with Gasteiger partial charge in [-0.05, 0) is 41.3 Å². The van der Waals surface area contributed by atoms with Gasteiger partial charge in [0.1, 0.15) is 0 Å². The average Bonchev–Trinajstić information content (AvgIpc) is 3.53. The van der Waals surface area contributed by atoms with E-state index in [0.29, 0.717) is 11.3 Å². The Hall–Kier alpha value is -3.60. The number of hydrogen-bond acceptors (Lipinski definition) is 4. The van der Waals surface area contributed by atoms with E-state index in [1.165, 1.54) is 19.4 Å². The molecule has 0 saturated heterocycles. The fourth-order valence-corrected chi connectivity index (χ4v) is 3.88. The molecule has 0 aliphatic heterocycles. The fraction of sp³-hybridized carbons (Fsp3) is 0.167. The van der Waals surface area contributed by atoms with E-state index in [0.717, 1.165) is 17.5 Å². The molecule has 1 saturated carbocycles. The highest BCUT2D eigenvalue weighted by Gasteiger charge is 2.60. The third-order valence-corrected chi connectivity index (χ3v) is 5.45. The lowest BCUT2D eigenvalue weighted by atomic mass is 9.85. The molecule has 1 amide bonds. The summed E-state index contributed by atoms with van der Waals surface area (Å²) < 4.78 is 5.09.